The molecule has 2 aromatic heterocycles. The van der Waals surface area contributed by atoms with Crippen LogP contribution in [0.3, 0.4) is 0 Å². The Hall–Kier alpha value is -2.51. The van der Waals surface area contributed by atoms with Crippen molar-refractivity contribution in [1.82, 2.24) is 19.9 Å². The molecule has 0 spiro atoms. The van der Waals surface area contributed by atoms with Crippen molar-refractivity contribution in [2.75, 3.05) is 12.3 Å². The smallest absolute Gasteiger partial charge is 0.167 e. The van der Waals surface area contributed by atoms with Crippen LogP contribution < -0.4 is 11.2 Å². The second-order valence-electron chi connectivity index (χ2n) is 10.3. The number of hydrogen-bond donors (Lipinski definition) is 1. The Balaban J connectivity index is 1.49. The van der Waals surface area contributed by atoms with Crippen molar-refractivity contribution < 1.29 is 4.42 Å². The number of nitrogens with zero attached hydrogens (tertiary/aromatic N) is 4. The number of hydrogen-bond acceptors (Lipinski definition) is 6. The number of benzene rings is 1. The SMILES string of the molecule is CC(C)[Si](c1ncc(CN2CCc3nc(-c4ccc(N)cc4)ncc3C2)o1)(C(C)C)C(C)C. The highest BCUT2D eigenvalue weighted by Crippen LogP contribution is 2.40. The minimum Gasteiger partial charge on any atom is -0.449 e. The van der Waals surface area contributed by atoms with Crippen molar-refractivity contribution >= 4 is 19.3 Å². The molecule has 7 heteroatoms. The first-order chi connectivity index (χ1) is 15.7. The van der Waals surface area contributed by atoms with Gasteiger partial charge in [-0.25, -0.2) is 15.0 Å². The number of aromatic nitrogens is 3. The minimum atomic E-state index is -1.87. The van der Waals surface area contributed by atoms with Gasteiger partial charge in [-0.3, -0.25) is 4.90 Å². The maximum Gasteiger partial charge on any atom is 0.167 e. The van der Waals surface area contributed by atoms with E-state index in [1.165, 1.54) is 5.56 Å². The third-order valence-corrected chi connectivity index (χ3v) is 14.1. The number of fused-ring (bicyclic) bond motifs is 1. The molecule has 0 fully saturated rings. The van der Waals surface area contributed by atoms with Crippen LogP contribution in [-0.2, 0) is 19.5 Å². The van der Waals surface area contributed by atoms with Gasteiger partial charge in [-0.2, -0.15) is 0 Å². The van der Waals surface area contributed by atoms with Gasteiger partial charge in [-0.15, -0.1) is 0 Å². The Morgan fingerprint density at radius 2 is 1.64 bits per heavy atom. The van der Waals surface area contributed by atoms with Crippen molar-refractivity contribution in [3.8, 4) is 11.4 Å². The lowest BCUT2D eigenvalue weighted by molar-refractivity contribution is 0.225. The predicted molar refractivity (Wildman–Crippen MR) is 137 cm³/mol. The van der Waals surface area contributed by atoms with E-state index >= 15 is 0 Å². The maximum absolute atomic E-state index is 6.48. The summed E-state index contributed by atoms with van der Waals surface area (Å²) in [5.74, 6) is 1.73. The van der Waals surface area contributed by atoms with E-state index in [0.717, 1.165) is 60.1 Å². The summed E-state index contributed by atoms with van der Waals surface area (Å²) in [6.45, 7) is 16.6. The molecule has 176 valence electrons. The zero-order valence-electron chi connectivity index (χ0n) is 20.8. The quantitative estimate of drug-likeness (QED) is 0.385. The van der Waals surface area contributed by atoms with E-state index in [1.54, 1.807) is 0 Å². The Kier molecular flexibility index (Phi) is 6.72. The van der Waals surface area contributed by atoms with Crippen molar-refractivity contribution in [3.63, 3.8) is 0 Å². The summed E-state index contributed by atoms with van der Waals surface area (Å²) < 4.78 is 6.48. The number of oxazole rings is 1. The van der Waals surface area contributed by atoms with Crippen molar-refractivity contribution in [2.24, 2.45) is 0 Å². The van der Waals surface area contributed by atoms with Crippen LogP contribution in [-0.4, -0.2) is 34.5 Å². The van der Waals surface area contributed by atoms with Crippen molar-refractivity contribution in [2.45, 2.75) is 77.7 Å². The molecule has 3 heterocycles. The molecule has 0 saturated heterocycles. The highest BCUT2D eigenvalue weighted by Gasteiger charge is 2.49. The van der Waals surface area contributed by atoms with Crippen molar-refractivity contribution in [1.29, 1.82) is 0 Å². The molecule has 0 atom stereocenters. The first-order valence-corrected chi connectivity index (χ1v) is 14.3. The summed E-state index contributed by atoms with van der Waals surface area (Å²) >= 11 is 0. The highest BCUT2D eigenvalue weighted by atomic mass is 28.3. The van der Waals surface area contributed by atoms with E-state index in [-0.39, 0.29) is 0 Å². The van der Waals surface area contributed by atoms with Crippen LogP contribution in [0.25, 0.3) is 11.4 Å². The van der Waals surface area contributed by atoms with Crippen LogP contribution in [0.1, 0.15) is 58.6 Å². The average Bonchev–Trinajstić information content (AvgIpc) is 3.22. The number of rotatable bonds is 7. The van der Waals surface area contributed by atoms with Gasteiger partial charge in [0.2, 0.25) is 0 Å². The monoisotopic (exact) mass is 463 g/mol. The Labute approximate surface area is 198 Å². The van der Waals surface area contributed by atoms with Gasteiger partial charge in [0.1, 0.15) is 5.76 Å². The molecule has 3 aromatic rings. The molecule has 4 rings (SSSR count). The summed E-state index contributed by atoms with van der Waals surface area (Å²) in [6, 6.07) is 7.73. The molecule has 6 nitrogen and oxygen atoms in total. The lowest BCUT2D eigenvalue weighted by atomic mass is 10.1. The van der Waals surface area contributed by atoms with Crippen LogP contribution in [0, 0.1) is 0 Å². The van der Waals surface area contributed by atoms with E-state index < -0.39 is 8.07 Å². The lowest BCUT2D eigenvalue weighted by Crippen LogP contribution is -2.56. The fourth-order valence-electron chi connectivity index (χ4n) is 5.82. The summed E-state index contributed by atoms with van der Waals surface area (Å²) in [7, 11) is -1.87. The van der Waals surface area contributed by atoms with Crippen LogP contribution in [0.4, 0.5) is 5.69 Å². The van der Waals surface area contributed by atoms with Gasteiger partial charge in [0.15, 0.2) is 19.4 Å². The standard InChI is InChI=1S/C26H37N5OSi/c1-17(2)33(18(3)4,19(5)6)26-29-14-23(32-26)16-31-12-11-24-21(15-31)13-28-25(30-24)20-7-9-22(27)10-8-20/h7-10,13-14,17-19H,11-12,15-16,27H2,1-6H3. The zero-order valence-corrected chi connectivity index (χ0v) is 21.8. The second kappa shape index (κ2) is 9.39. The van der Waals surface area contributed by atoms with Crippen LogP contribution in [0.15, 0.2) is 41.1 Å². The van der Waals surface area contributed by atoms with E-state index in [1.807, 2.05) is 36.7 Å². The largest absolute Gasteiger partial charge is 0.449 e. The fourth-order valence-corrected chi connectivity index (χ4v) is 11.9. The summed E-state index contributed by atoms with van der Waals surface area (Å²) in [5, 5.41) is 0. The third-order valence-electron chi connectivity index (χ3n) is 7.35. The van der Waals surface area contributed by atoms with E-state index in [0.29, 0.717) is 16.6 Å². The average molecular weight is 464 g/mol. The molecule has 0 amide bonds. The van der Waals surface area contributed by atoms with Crippen LogP contribution in [0.2, 0.25) is 16.6 Å². The highest BCUT2D eigenvalue weighted by molar-refractivity contribution is 6.93. The molecule has 0 unspecified atom stereocenters. The molecule has 33 heavy (non-hydrogen) atoms. The fraction of sp³-hybridized carbons (Fsp3) is 0.500. The molecule has 2 N–H and O–H groups in total. The van der Waals surface area contributed by atoms with Gasteiger partial charge in [0, 0.05) is 42.5 Å². The Morgan fingerprint density at radius 1 is 0.970 bits per heavy atom. The van der Waals surface area contributed by atoms with Gasteiger partial charge in [0.25, 0.3) is 0 Å². The van der Waals surface area contributed by atoms with Crippen molar-refractivity contribution in [3.05, 3.63) is 53.7 Å². The van der Waals surface area contributed by atoms with Gasteiger partial charge in [-0.05, 0) is 40.9 Å². The summed E-state index contributed by atoms with van der Waals surface area (Å²) in [4.78, 5) is 16.7. The zero-order chi connectivity index (χ0) is 23.8. The molecular formula is C26H37N5OSi. The van der Waals surface area contributed by atoms with Gasteiger partial charge < -0.3 is 10.2 Å². The van der Waals surface area contributed by atoms with E-state index in [4.69, 9.17) is 20.1 Å². The van der Waals surface area contributed by atoms with Gasteiger partial charge in [-0.1, -0.05) is 41.5 Å². The lowest BCUT2D eigenvalue weighted by Gasteiger charge is -2.39. The maximum atomic E-state index is 6.48. The summed E-state index contributed by atoms with van der Waals surface area (Å²) in [6.07, 6.45) is 4.84. The normalized spacial score (nSPS) is 14.9. The Morgan fingerprint density at radius 3 is 2.27 bits per heavy atom. The minimum absolute atomic E-state index is 0.582. The molecule has 0 saturated carbocycles. The predicted octanol–water partition coefficient (Wildman–Crippen LogP) is 5.16. The third kappa shape index (κ3) is 4.48. The molecule has 1 aliphatic rings. The topological polar surface area (TPSA) is 81.1 Å². The van der Waals surface area contributed by atoms with E-state index in [9.17, 15) is 0 Å². The molecular weight excluding hydrogens is 426 g/mol. The number of anilines is 1. The van der Waals surface area contributed by atoms with Crippen LogP contribution >= 0.6 is 0 Å². The number of nitrogens with two attached hydrogens (primary N) is 1. The Bertz CT molecular complexity index is 1070. The first kappa shape index (κ1) is 23.6. The van der Waals surface area contributed by atoms with Crippen LogP contribution in [0.5, 0.6) is 0 Å². The molecule has 0 bridgehead atoms. The number of nitrogen functional groups attached to an aromatic ring is 1. The first-order valence-electron chi connectivity index (χ1n) is 12.1. The second-order valence-corrected chi connectivity index (χ2v) is 16.0. The van der Waals surface area contributed by atoms with Gasteiger partial charge in [0.05, 0.1) is 18.4 Å². The molecule has 1 aliphatic heterocycles. The molecule has 1 aromatic carbocycles. The molecule has 0 radical (unpaired) electrons. The molecule has 0 aliphatic carbocycles. The van der Waals surface area contributed by atoms with E-state index in [2.05, 4.69) is 51.4 Å². The summed E-state index contributed by atoms with van der Waals surface area (Å²) in [5.41, 5.74) is 12.6. The van der Waals surface area contributed by atoms with Gasteiger partial charge >= 0.3 is 0 Å².